The highest BCUT2D eigenvalue weighted by Crippen LogP contribution is 2.47. The number of benzene rings is 5. The second-order valence-electron chi connectivity index (χ2n) is 17.7. The number of carbonyl (C=O) groups excluding carboxylic acids is 3. The van der Waals surface area contributed by atoms with Crippen LogP contribution >= 0.6 is 0 Å². The van der Waals surface area contributed by atoms with E-state index in [2.05, 4.69) is 14.7 Å². The molecule has 2 aromatic heterocycles. The molecule has 4 heterocycles. The van der Waals surface area contributed by atoms with Crippen LogP contribution in [0.4, 0.5) is 11.4 Å². The van der Waals surface area contributed by atoms with Crippen LogP contribution < -0.4 is 43.3 Å². The van der Waals surface area contributed by atoms with Crippen LogP contribution in [0.25, 0.3) is 21.8 Å². The molecular weight excluding hydrogens is 1000 g/mol. The van der Waals surface area contributed by atoms with Crippen molar-refractivity contribution in [3.63, 3.8) is 0 Å². The Morgan fingerprint density at radius 2 is 1.08 bits per heavy atom. The van der Waals surface area contributed by atoms with Crippen molar-refractivity contribution >= 4 is 70.9 Å². The van der Waals surface area contributed by atoms with Gasteiger partial charge < -0.3 is 33.5 Å². The van der Waals surface area contributed by atoms with Crippen LogP contribution in [-0.2, 0) is 55.9 Å². The molecule has 0 aliphatic carbocycles. The monoisotopic (exact) mass is 1060 g/mol. The van der Waals surface area contributed by atoms with Gasteiger partial charge in [0.25, 0.3) is 11.8 Å². The molecular formula is C55H58N6O12S2. The van der Waals surface area contributed by atoms with Crippen molar-refractivity contribution in [1.29, 1.82) is 0 Å². The van der Waals surface area contributed by atoms with Gasteiger partial charge in [0.1, 0.15) is 28.3 Å². The lowest BCUT2D eigenvalue weighted by Gasteiger charge is -2.19. The average Bonchev–Trinajstić information content (AvgIpc) is 3.89. The summed E-state index contributed by atoms with van der Waals surface area (Å²) in [6.45, 7) is 13.3. The summed E-state index contributed by atoms with van der Waals surface area (Å²) < 4.78 is 79.9. The number of nitrogens with zero attached hydrogens (tertiary/aromatic N) is 4. The van der Waals surface area contributed by atoms with Gasteiger partial charge in [0.05, 0.1) is 75.7 Å². The van der Waals surface area contributed by atoms with Gasteiger partial charge in [0.15, 0.2) is 11.5 Å². The standard InChI is InChI=1S/C32H33N3O7S.C23H25N3O5S/c1-5-41-30-23-11-9-15-33-29(23)31(42-6-2)24-18-35(32(37)28(24)30)25-14-13-21(16-20(25)3)19-43(38,39)34-27(36)17-22-10-7-8-12-26(22)40-4;1-4-30-21-16-7-6-10-25-20(16)22(31-5-2)17-12-26(23(27)19(17)21)18-9-8-15(11-14(18)3)13-32(24,28)29/h7-16H,5-6,17-19H2,1-4H3,(H,34,36);6-11H,4-5,12-13H2,1-3H3,(H2,24,28,29). The molecule has 3 N–H and O–H groups in total. The molecule has 392 valence electrons. The maximum atomic E-state index is 13.9. The van der Waals surface area contributed by atoms with E-state index in [0.717, 1.165) is 16.5 Å². The van der Waals surface area contributed by atoms with E-state index in [-0.39, 0.29) is 30.5 Å². The number of amides is 3. The summed E-state index contributed by atoms with van der Waals surface area (Å²) in [7, 11) is -6.14. The zero-order valence-corrected chi connectivity index (χ0v) is 44.3. The Hall–Kier alpha value is -7.81. The number of fused-ring (bicyclic) bond motifs is 4. The molecule has 75 heavy (non-hydrogen) atoms. The normalized spacial score (nSPS) is 13.1. The number of hydrogen-bond acceptors (Lipinski definition) is 14. The Balaban J connectivity index is 0.000000208. The first-order valence-electron chi connectivity index (χ1n) is 24.3. The second-order valence-corrected chi connectivity index (χ2v) is 21.0. The fourth-order valence-corrected chi connectivity index (χ4v) is 11.3. The molecule has 0 saturated heterocycles. The maximum absolute atomic E-state index is 13.9. The minimum atomic E-state index is -3.98. The van der Waals surface area contributed by atoms with Crippen LogP contribution in [-0.4, -0.2) is 78.1 Å². The molecule has 2 aliphatic heterocycles. The van der Waals surface area contributed by atoms with E-state index in [1.165, 1.54) is 7.11 Å². The first-order chi connectivity index (χ1) is 35.9. The van der Waals surface area contributed by atoms with E-state index >= 15 is 0 Å². The van der Waals surface area contributed by atoms with E-state index in [4.69, 9.17) is 28.8 Å². The molecule has 3 amide bonds. The molecule has 7 aromatic rings. The van der Waals surface area contributed by atoms with Gasteiger partial charge in [0.2, 0.25) is 26.0 Å². The molecule has 0 saturated carbocycles. The molecule has 2 aliphatic rings. The van der Waals surface area contributed by atoms with Gasteiger partial charge in [-0.05, 0) is 106 Å². The number of rotatable bonds is 18. The Kier molecular flexibility index (Phi) is 15.9. The van der Waals surface area contributed by atoms with Crippen LogP contribution in [0, 0.1) is 13.8 Å². The number of ether oxygens (including phenoxy) is 5. The number of aryl methyl sites for hydroxylation is 2. The van der Waals surface area contributed by atoms with Crippen LogP contribution in [0.3, 0.4) is 0 Å². The summed E-state index contributed by atoms with van der Waals surface area (Å²) in [5, 5.41) is 6.60. The Morgan fingerprint density at radius 1 is 0.627 bits per heavy atom. The van der Waals surface area contributed by atoms with Crippen LogP contribution in [0.5, 0.6) is 28.7 Å². The van der Waals surface area contributed by atoms with Crippen molar-refractivity contribution in [2.24, 2.45) is 5.14 Å². The van der Waals surface area contributed by atoms with Gasteiger partial charge >= 0.3 is 0 Å². The second kappa shape index (κ2) is 22.3. The summed E-state index contributed by atoms with van der Waals surface area (Å²) >= 11 is 0. The number of carbonyl (C=O) groups is 3. The van der Waals surface area contributed by atoms with Crippen LogP contribution in [0.15, 0.2) is 97.3 Å². The first-order valence-corrected chi connectivity index (χ1v) is 27.7. The minimum Gasteiger partial charge on any atom is -0.496 e. The van der Waals surface area contributed by atoms with Gasteiger partial charge in [-0.2, -0.15) is 0 Å². The van der Waals surface area contributed by atoms with Crippen LogP contribution in [0.2, 0.25) is 0 Å². The summed E-state index contributed by atoms with van der Waals surface area (Å²) in [5.74, 6) is 0.863. The molecule has 0 atom stereocenters. The molecule has 0 radical (unpaired) electrons. The zero-order valence-electron chi connectivity index (χ0n) is 42.7. The van der Waals surface area contributed by atoms with E-state index < -0.39 is 31.7 Å². The third-order valence-corrected chi connectivity index (χ3v) is 14.5. The highest BCUT2D eigenvalue weighted by atomic mass is 32.2. The fraction of sp³-hybridized carbons (Fsp3) is 0.291. The Labute approximate surface area is 435 Å². The molecule has 0 spiro atoms. The maximum Gasteiger partial charge on any atom is 0.262 e. The number of para-hydroxylation sites is 1. The first kappa shape index (κ1) is 53.5. The highest BCUT2D eigenvalue weighted by molar-refractivity contribution is 7.89. The molecule has 9 rings (SSSR count). The fourth-order valence-electron chi connectivity index (χ4n) is 9.60. The lowest BCUT2D eigenvalue weighted by Crippen LogP contribution is -2.33. The highest BCUT2D eigenvalue weighted by Gasteiger charge is 2.39. The van der Waals surface area contributed by atoms with E-state index in [0.29, 0.717) is 128 Å². The van der Waals surface area contributed by atoms with Gasteiger partial charge in [0, 0.05) is 51.2 Å². The van der Waals surface area contributed by atoms with E-state index in [1.54, 1.807) is 95.0 Å². The van der Waals surface area contributed by atoms with Crippen molar-refractivity contribution in [2.45, 2.75) is 72.6 Å². The summed E-state index contributed by atoms with van der Waals surface area (Å²) in [6, 6.07) is 24.5. The molecule has 5 aromatic carbocycles. The third kappa shape index (κ3) is 11.2. The minimum absolute atomic E-state index is 0.142. The number of methoxy groups -OCH3 is 1. The number of primary sulfonamides is 1. The van der Waals surface area contributed by atoms with Crippen molar-refractivity contribution in [3.05, 3.63) is 147 Å². The van der Waals surface area contributed by atoms with Crippen molar-refractivity contribution < 1.29 is 54.9 Å². The van der Waals surface area contributed by atoms with Crippen molar-refractivity contribution in [2.75, 3.05) is 43.3 Å². The smallest absolute Gasteiger partial charge is 0.262 e. The van der Waals surface area contributed by atoms with Gasteiger partial charge in [-0.15, -0.1) is 0 Å². The van der Waals surface area contributed by atoms with Crippen molar-refractivity contribution in [3.8, 4) is 28.7 Å². The summed E-state index contributed by atoms with van der Waals surface area (Å²) in [6.07, 6.45) is 3.23. The SMILES string of the molecule is CCOc1c2c(c(OCC)c3ncccc13)CN(c1ccc(CS(=O)(=O)NC(=O)Cc3ccccc3OC)cc1C)C2=O.CCOc1c2c(c(OCC)c3ncccc13)CN(c1ccc(CS(N)(=O)=O)cc1C)C2=O. The number of nitrogens with one attached hydrogen (secondary N) is 1. The Morgan fingerprint density at radius 3 is 1.52 bits per heavy atom. The van der Waals surface area contributed by atoms with Crippen molar-refractivity contribution in [1.82, 2.24) is 14.7 Å². The molecule has 18 nitrogen and oxygen atoms in total. The molecule has 0 unspecified atom stereocenters. The summed E-state index contributed by atoms with van der Waals surface area (Å²) in [5.41, 5.74) is 8.05. The predicted octanol–water partition coefficient (Wildman–Crippen LogP) is 7.99. The number of hydrogen-bond donors (Lipinski definition) is 2. The van der Waals surface area contributed by atoms with Gasteiger partial charge in [-0.25, -0.2) is 22.0 Å². The zero-order chi connectivity index (χ0) is 53.8. The number of anilines is 2. The van der Waals surface area contributed by atoms with Gasteiger partial charge in [-0.3, -0.25) is 29.1 Å². The number of nitrogens with two attached hydrogens (primary N) is 1. The number of sulfonamides is 2. The Bertz CT molecular complexity index is 3610. The molecule has 0 fully saturated rings. The topological polar surface area (TPSA) is 236 Å². The molecule has 0 bridgehead atoms. The average molecular weight is 1060 g/mol. The predicted molar refractivity (Wildman–Crippen MR) is 286 cm³/mol. The molecule has 20 heteroatoms. The third-order valence-electron chi connectivity index (χ3n) is 12.5. The van der Waals surface area contributed by atoms with E-state index in [1.807, 2.05) is 53.7 Å². The summed E-state index contributed by atoms with van der Waals surface area (Å²) in [4.78, 5) is 52.4. The van der Waals surface area contributed by atoms with Gasteiger partial charge in [-0.1, -0.05) is 42.5 Å². The number of pyridine rings is 2. The van der Waals surface area contributed by atoms with E-state index in [9.17, 15) is 31.2 Å². The largest absolute Gasteiger partial charge is 0.496 e. The lowest BCUT2D eigenvalue weighted by molar-refractivity contribution is -0.118. The lowest BCUT2D eigenvalue weighted by atomic mass is 10.0. The number of aromatic nitrogens is 2. The quantitative estimate of drug-likeness (QED) is 0.0829. The van der Waals surface area contributed by atoms with Crippen LogP contribution in [0.1, 0.15) is 87.4 Å².